The van der Waals surface area contributed by atoms with Crippen molar-refractivity contribution >= 4 is 18.0 Å². The van der Waals surface area contributed by atoms with Crippen molar-refractivity contribution in [3.8, 4) is 11.1 Å². The lowest BCUT2D eigenvalue weighted by Gasteiger charge is -2.25. The molecule has 3 atom stereocenters. The van der Waals surface area contributed by atoms with Gasteiger partial charge in [-0.1, -0.05) is 61.9 Å². The van der Waals surface area contributed by atoms with Crippen molar-refractivity contribution in [1.29, 1.82) is 0 Å². The molecular formula is C26H30N2O5. The molecule has 1 saturated carbocycles. The Morgan fingerprint density at radius 3 is 2.24 bits per heavy atom. The van der Waals surface area contributed by atoms with Gasteiger partial charge < -0.3 is 20.5 Å². The van der Waals surface area contributed by atoms with E-state index in [9.17, 15) is 19.5 Å². The highest BCUT2D eigenvalue weighted by molar-refractivity contribution is 5.89. The molecule has 1 fully saturated rings. The van der Waals surface area contributed by atoms with Gasteiger partial charge in [0.25, 0.3) is 0 Å². The summed E-state index contributed by atoms with van der Waals surface area (Å²) in [7, 11) is 0. The molecule has 174 valence electrons. The standard InChI is InChI=1S/C26H30N2O5/c1-3-12-26(2,24(30)31)28-23(29)21-13-16(21)14-27-25(32)33-15-22-19-10-6-4-8-17(19)18-9-5-7-11-20(18)22/h4-11,16,21-22H,3,12-15H2,1-2H3,(H,27,32)(H,28,29)(H,30,31)/t16-,21-,26?/m1/s1. The predicted molar refractivity (Wildman–Crippen MR) is 124 cm³/mol. The number of hydrogen-bond acceptors (Lipinski definition) is 4. The zero-order valence-corrected chi connectivity index (χ0v) is 19.0. The Labute approximate surface area is 193 Å². The van der Waals surface area contributed by atoms with Crippen LogP contribution in [0.3, 0.4) is 0 Å². The highest BCUT2D eigenvalue weighted by atomic mass is 16.5. The number of hydrogen-bond donors (Lipinski definition) is 3. The molecule has 2 aromatic rings. The Kier molecular flexibility index (Phi) is 6.40. The van der Waals surface area contributed by atoms with Crippen LogP contribution in [0.4, 0.5) is 4.79 Å². The Hall–Kier alpha value is -3.35. The molecule has 4 rings (SSSR count). The topological polar surface area (TPSA) is 105 Å². The fourth-order valence-corrected chi connectivity index (χ4v) is 4.75. The summed E-state index contributed by atoms with van der Waals surface area (Å²) in [6.45, 7) is 3.98. The van der Waals surface area contributed by atoms with Gasteiger partial charge in [-0.2, -0.15) is 0 Å². The third-order valence-corrected chi connectivity index (χ3v) is 6.73. The number of aliphatic carboxylic acids is 1. The normalized spacial score (nSPS) is 20.2. The molecule has 2 aliphatic rings. The summed E-state index contributed by atoms with van der Waals surface area (Å²) >= 11 is 0. The largest absolute Gasteiger partial charge is 0.480 e. The number of rotatable bonds is 9. The molecule has 2 amide bonds. The average Bonchev–Trinajstić information content (AvgIpc) is 3.52. The lowest BCUT2D eigenvalue weighted by molar-refractivity contribution is -0.147. The van der Waals surface area contributed by atoms with Crippen molar-refractivity contribution in [1.82, 2.24) is 10.6 Å². The van der Waals surface area contributed by atoms with Crippen LogP contribution >= 0.6 is 0 Å². The number of carbonyl (C=O) groups is 3. The second kappa shape index (κ2) is 9.25. The summed E-state index contributed by atoms with van der Waals surface area (Å²) in [5.41, 5.74) is 3.38. The van der Waals surface area contributed by atoms with Crippen LogP contribution in [0.1, 0.15) is 50.2 Å². The summed E-state index contributed by atoms with van der Waals surface area (Å²) in [6.07, 6.45) is 1.13. The van der Waals surface area contributed by atoms with E-state index in [4.69, 9.17) is 4.74 Å². The highest BCUT2D eigenvalue weighted by Crippen LogP contribution is 2.44. The van der Waals surface area contributed by atoms with Crippen LogP contribution in [0.15, 0.2) is 48.5 Å². The van der Waals surface area contributed by atoms with Gasteiger partial charge in [0, 0.05) is 18.4 Å². The number of nitrogens with one attached hydrogen (secondary N) is 2. The molecule has 0 radical (unpaired) electrons. The van der Waals surface area contributed by atoms with E-state index in [-0.39, 0.29) is 30.3 Å². The van der Waals surface area contributed by atoms with Gasteiger partial charge in [-0.05, 0) is 47.9 Å². The van der Waals surface area contributed by atoms with E-state index in [1.165, 1.54) is 18.1 Å². The van der Waals surface area contributed by atoms with Crippen LogP contribution in [0.25, 0.3) is 11.1 Å². The average molecular weight is 451 g/mol. The van der Waals surface area contributed by atoms with Gasteiger partial charge in [0.2, 0.25) is 5.91 Å². The first-order valence-electron chi connectivity index (χ1n) is 11.5. The van der Waals surface area contributed by atoms with Crippen molar-refractivity contribution in [2.75, 3.05) is 13.2 Å². The van der Waals surface area contributed by atoms with Gasteiger partial charge in [0.15, 0.2) is 0 Å². The summed E-state index contributed by atoms with van der Waals surface area (Å²) in [6, 6.07) is 16.3. The zero-order valence-electron chi connectivity index (χ0n) is 19.0. The molecule has 33 heavy (non-hydrogen) atoms. The first kappa shape index (κ1) is 22.8. The summed E-state index contributed by atoms with van der Waals surface area (Å²) in [4.78, 5) is 36.3. The van der Waals surface area contributed by atoms with E-state index in [2.05, 4.69) is 34.9 Å². The van der Waals surface area contributed by atoms with E-state index in [0.717, 1.165) is 11.1 Å². The van der Waals surface area contributed by atoms with Crippen LogP contribution in [-0.2, 0) is 14.3 Å². The Morgan fingerprint density at radius 2 is 1.67 bits per heavy atom. The van der Waals surface area contributed by atoms with Gasteiger partial charge in [0.05, 0.1) is 0 Å². The Morgan fingerprint density at radius 1 is 1.06 bits per heavy atom. The lowest BCUT2D eigenvalue weighted by atomic mass is 9.96. The molecule has 3 N–H and O–H groups in total. The van der Waals surface area contributed by atoms with Gasteiger partial charge in [-0.25, -0.2) is 9.59 Å². The van der Waals surface area contributed by atoms with E-state index < -0.39 is 17.6 Å². The van der Waals surface area contributed by atoms with Crippen molar-refractivity contribution in [3.63, 3.8) is 0 Å². The van der Waals surface area contributed by atoms with E-state index >= 15 is 0 Å². The maximum absolute atomic E-state index is 12.5. The first-order chi connectivity index (χ1) is 15.8. The molecule has 0 heterocycles. The van der Waals surface area contributed by atoms with Crippen LogP contribution in [-0.4, -0.2) is 41.8 Å². The fraction of sp³-hybridized carbons (Fsp3) is 0.423. The molecule has 0 aliphatic heterocycles. The van der Waals surface area contributed by atoms with Crippen molar-refractivity contribution < 1.29 is 24.2 Å². The van der Waals surface area contributed by atoms with Gasteiger partial charge in [-0.15, -0.1) is 0 Å². The predicted octanol–water partition coefficient (Wildman–Crippen LogP) is 3.92. The Bertz CT molecular complexity index is 1020. The fourth-order valence-electron chi connectivity index (χ4n) is 4.75. The second-order valence-electron chi connectivity index (χ2n) is 9.19. The quantitative estimate of drug-likeness (QED) is 0.537. The monoisotopic (exact) mass is 450 g/mol. The van der Waals surface area contributed by atoms with Gasteiger partial charge in [-0.3, -0.25) is 4.79 Å². The number of carboxylic acids is 1. The maximum Gasteiger partial charge on any atom is 0.407 e. The van der Waals surface area contributed by atoms with Crippen molar-refractivity contribution in [2.24, 2.45) is 11.8 Å². The van der Waals surface area contributed by atoms with Crippen LogP contribution < -0.4 is 10.6 Å². The molecule has 0 bridgehead atoms. The van der Waals surface area contributed by atoms with Crippen molar-refractivity contribution in [2.45, 2.75) is 44.6 Å². The van der Waals surface area contributed by atoms with Gasteiger partial charge in [0.1, 0.15) is 12.1 Å². The minimum Gasteiger partial charge on any atom is -0.480 e. The number of alkyl carbamates (subject to hydrolysis) is 1. The molecular weight excluding hydrogens is 420 g/mol. The smallest absolute Gasteiger partial charge is 0.407 e. The zero-order chi connectivity index (χ0) is 23.6. The second-order valence-corrected chi connectivity index (χ2v) is 9.19. The lowest BCUT2D eigenvalue weighted by Crippen LogP contribution is -2.52. The SMILES string of the molecule is CCCC(C)(NC(=O)[C@@H]1C[C@@H]1CNC(=O)OCC1c2ccccc2-c2ccccc21)C(=O)O. The molecule has 2 aliphatic carbocycles. The molecule has 0 aromatic heterocycles. The maximum atomic E-state index is 12.5. The minimum atomic E-state index is -1.26. The number of carbonyl (C=O) groups excluding carboxylic acids is 2. The molecule has 0 spiro atoms. The number of ether oxygens (including phenoxy) is 1. The Balaban J connectivity index is 1.26. The van der Waals surface area contributed by atoms with Crippen LogP contribution in [0, 0.1) is 11.8 Å². The van der Waals surface area contributed by atoms with E-state index in [1.807, 2.05) is 31.2 Å². The molecule has 0 saturated heterocycles. The molecule has 7 nitrogen and oxygen atoms in total. The van der Waals surface area contributed by atoms with Crippen molar-refractivity contribution in [3.05, 3.63) is 59.7 Å². The molecule has 7 heteroatoms. The number of benzene rings is 2. The number of carboxylic acid groups (broad SMARTS) is 1. The van der Waals surface area contributed by atoms with Gasteiger partial charge >= 0.3 is 12.1 Å². The van der Waals surface area contributed by atoms with Crippen LogP contribution in [0.2, 0.25) is 0 Å². The summed E-state index contributed by atoms with van der Waals surface area (Å²) in [5, 5.41) is 14.9. The third kappa shape index (κ3) is 4.72. The molecule has 2 aromatic carbocycles. The van der Waals surface area contributed by atoms with E-state index in [0.29, 0.717) is 25.8 Å². The summed E-state index contributed by atoms with van der Waals surface area (Å²) in [5.74, 6) is -1.60. The third-order valence-electron chi connectivity index (χ3n) is 6.73. The summed E-state index contributed by atoms with van der Waals surface area (Å²) < 4.78 is 5.53. The number of fused-ring (bicyclic) bond motifs is 3. The highest BCUT2D eigenvalue weighted by Gasteiger charge is 2.46. The molecule has 1 unspecified atom stereocenters. The first-order valence-corrected chi connectivity index (χ1v) is 11.5. The minimum absolute atomic E-state index is 0.00476. The van der Waals surface area contributed by atoms with Crippen LogP contribution in [0.5, 0.6) is 0 Å². The van der Waals surface area contributed by atoms with E-state index in [1.54, 1.807) is 0 Å². The number of amides is 2.